The van der Waals surface area contributed by atoms with Crippen LogP contribution in [0.3, 0.4) is 0 Å². The normalized spacial score (nSPS) is 12.0. The number of para-hydroxylation sites is 1. The third kappa shape index (κ3) is 2.67. The Labute approximate surface area is 139 Å². The molecule has 1 unspecified atom stereocenters. The zero-order chi connectivity index (χ0) is 15.8. The Morgan fingerprint density at radius 3 is 2.43 bits per heavy atom. The summed E-state index contributed by atoms with van der Waals surface area (Å²) in [6, 6.07) is 22.1. The van der Waals surface area contributed by atoms with Gasteiger partial charge < -0.3 is 0 Å². The molecule has 23 heavy (non-hydrogen) atoms. The van der Waals surface area contributed by atoms with Crippen LogP contribution in [0.5, 0.6) is 0 Å². The van der Waals surface area contributed by atoms with Crippen molar-refractivity contribution in [2.24, 2.45) is 0 Å². The summed E-state index contributed by atoms with van der Waals surface area (Å²) >= 11 is 1.63. The first kappa shape index (κ1) is 14.5. The maximum absolute atomic E-state index is 12.6. The molecule has 0 aliphatic rings. The molecule has 0 amide bonds. The van der Waals surface area contributed by atoms with Crippen molar-refractivity contribution in [2.45, 2.75) is 16.7 Å². The van der Waals surface area contributed by atoms with Crippen LogP contribution in [0.15, 0.2) is 80.7 Å². The van der Waals surface area contributed by atoms with Crippen LogP contribution in [0.1, 0.15) is 5.56 Å². The van der Waals surface area contributed by atoms with Gasteiger partial charge in [0.05, 0.1) is 4.90 Å². The molecular weight excluding hydrogens is 323 g/mol. The van der Waals surface area contributed by atoms with E-state index < -0.39 is 7.65 Å². The van der Waals surface area contributed by atoms with E-state index in [1.807, 2.05) is 42.5 Å². The molecule has 3 aromatic carbocycles. The van der Waals surface area contributed by atoms with E-state index in [4.69, 9.17) is 4.20 Å². The molecule has 0 radical (unpaired) electrons. The summed E-state index contributed by atoms with van der Waals surface area (Å²) in [4.78, 5) is 2.12. The Morgan fingerprint density at radius 2 is 1.61 bits per heavy atom. The fraction of sp³-hybridized carbons (Fsp3) is 0.0526. The lowest BCUT2D eigenvalue weighted by Gasteiger charge is -2.03. The third-order valence-corrected chi connectivity index (χ3v) is 6.22. The number of hydrogen-bond donors (Lipinski definition) is 0. The summed E-state index contributed by atoms with van der Waals surface area (Å²) in [7, 11) is -1.89. The Balaban J connectivity index is 1.95. The van der Waals surface area contributed by atoms with Gasteiger partial charge in [0.2, 0.25) is 0 Å². The Hall–Kier alpha value is -2.09. The summed E-state index contributed by atoms with van der Waals surface area (Å²) in [5.41, 5.74) is 1.92. The second-order valence-electron chi connectivity index (χ2n) is 5.41. The highest BCUT2D eigenvalue weighted by Crippen LogP contribution is 2.42. The number of rotatable bonds is 2. The van der Waals surface area contributed by atoms with Crippen molar-refractivity contribution in [3.63, 3.8) is 0 Å². The molecule has 0 fully saturated rings. The topological polar surface area (TPSA) is 30.2 Å². The molecule has 0 saturated heterocycles. The van der Waals surface area contributed by atoms with E-state index in [0.717, 1.165) is 25.7 Å². The van der Waals surface area contributed by atoms with Crippen LogP contribution in [-0.2, 0) is 4.57 Å². The van der Waals surface area contributed by atoms with Crippen molar-refractivity contribution < 1.29 is 8.76 Å². The van der Waals surface area contributed by atoms with Crippen molar-refractivity contribution in [2.75, 3.05) is 0 Å². The third-order valence-electron chi connectivity index (χ3n) is 3.79. The monoisotopic (exact) mass is 337 g/mol. The molecule has 1 atom stereocenters. The van der Waals surface area contributed by atoms with Crippen LogP contribution in [0.25, 0.3) is 21.5 Å². The fourth-order valence-electron chi connectivity index (χ4n) is 2.65. The van der Waals surface area contributed by atoms with Gasteiger partial charge in [-0.1, -0.05) is 53.7 Å². The summed E-state index contributed by atoms with van der Waals surface area (Å²) in [6.07, 6.45) is 0. The van der Waals surface area contributed by atoms with E-state index in [9.17, 15) is 4.57 Å². The highest BCUT2D eigenvalue weighted by molar-refractivity contribution is 7.99. The number of hydrogen-bond acceptors (Lipinski definition) is 3. The standard InChI is InChI=1S/C19H14O2PS/c1-13-9-11-14(12-10-13)23-18-8-4-6-16-15-5-2-3-7-17(15)21-22(20)19(16)18/h2-12H,1H3/q+1. The molecule has 0 saturated carbocycles. The minimum atomic E-state index is -1.89. The van der Waals surface area contributed by atoms with Crippen molar-refractivity contribution in [1.29, 1.82) is 0 Å². The molecule has 4 aromatic rings. The zero-order valence-electron chi connectivity index (χ0n) is 12.5. The SMILES string of the molecule is Cc1ccc(Sc2cccc3c4ccccc4o[p+](=O)c23)cc1. The average molecular weight is 337 g/mol. The summed E-state index contributed by atoms with van der Waals surface area (Å²) in [5, 5.41) is 2.81. The highest BCUT2D eigenvalue weighted by Gasteiger charge is 2.20. The van der Waals surface area contributed by atoms with Gasteiger partial charge in [0.25, 0.3) is 5.12 Å². The van der Waals surface area contributed by atoms with Gasteiger partial charge in [0, 0.05) is 15.7 Å². The molecule has 0 aliphatic carbocycles. The average Bonchev–Trinajstić information content (AvgIpc) is 2.57. The Kier molecular flexibility index (Phi) is 3.68. The second-order valence-corrected chi connectivity index (χ2v) is 7.67. The van der Waals surface area contributed by atoms with Gasteiger partial charge in [0.15, 0.2) is 5.58 Å². The summed E-state index contributed by atoms with van der Waals surface area (Å²) in [5.74, 6) is 0. The van der Waals surface area contributed by atoms with Crippen molar-refractivity contribution in [1.82, 2.24) is 0 Å². The first-order valence-corrected chi connectivity index (χ1v) is 9.34. The number of aryl methyl sites for hydroxylation is 1. The predicted molar refractivity (Wildman–Crippen MR) is 96.6 cm³/mol. The molecule has 0 bridgehead atoms. The summed E-state index contributed by atoms with van der Waals surface area (Å²) < 4.78 is 18.3. The van der Waals surface area contributed by atoms with Gasteiger partial charge in [-0.15, -0.1) is 0 Å². The van der Waals surface area contributed by atoms with Crippen LogP contribution >= 0.6 is 19.4 Å². The van der Waals surface area contributed by atoms with Crippen LogP contribution in [0, 0.1) is 6.92 Å². The molecule has 2 nitrogen and oxygen atoms in total. The van der Waals surface area contributed by atoms with Crippen molar-refractivity contribution in [3.8, 4) is 0 Å². The van der Waals surface area contributed by atoms with Crippen LogP contribution in [0.2, 0.25) is 0 Å². The van der Waals surface area contributed by atoms with E-state index >= 15 is 0 Å². The van der Waals surface area contributed by atoms with Crippen molar-refractivity contribution in [3.05, 3.63) is 72.3 Å². The highest BCUT2D eigenvalue weighted by atomic mass is 32.2. The summed E-state index contributed by atoms with van der Waals surface area (Å²) in [6.45, 7) is 2.07. The lowest BCUT2D eigenvalue weighted by molar-refractivity contribution is 0.563. The molecule has 4 rings (SSSR count). The zero-order valence-corrected chi connectivity index (χ0v) is 14.2. The van der Waals surface area contributed by atoms with Crippen LogP contribution in [0.4, 0.5) is 0 Å². The molecule has 112 valence electrons. The largest absolute Gasteiger partial charge is 0.599 e. The molecular formula is C19H14O2PS+. The van der Waals surface area contributed by atoms with Crippen LogP contribution < -0.4 is 0 Å². The molecule has 4 heteroatoms. The second kappa shape index (κ2) is 5.84. The molecule has 0 spiro atoms. The van der Waals surface area contributed by atoms with E-state index in [2.05, 4.69) is 31.2 Å². The lowest BCUT2D eigenvalue weighted by Crippen LogP contribution is -1.80. The van der Waals surface area contributed by atoms with Crippen molar-refractivity contribution >= 4 is 40.9 Å². The van der Waals surface area contributed by atoms with E-state index in [0.29, 0.717) is 5.58 Å². The first-order valence-electron chi connectivity index (χ1n) is 7.34. The van der Waals surface area contributed by atoms with Gasteiger partial charge >= 0.3 is 7.65 Å². The molecule has 0 aliphatic heterocycles. The molecule has 0 N–H and O–H groups in total. The first-order chi connectivity index (χ1) is 11.2. The minimum Gasteiger partial charge on any atom is -0.250 e. The van der Waals surface area contributed by atoms with Crippen LogP contribution in [-0.4, -0.2) is 0 Å². The lowest BCUT2D eigenvalue weighted by atomic mass is 10.1. The van der Waals surface area contributed by atoms with E-state index in [1.165, 1.54) is 5.56 Å². The van der Waals surface area contributed by atoms with Gasteiger partial charge in [-0.05, 0) is 41.8 Å². The Bertz CT molecular complexity index is 1070. The van der Waals surface area contributed by atoms with Gasteiger partial charge in [-0.3, -0.25) is 0 Å². The molecule has 1 aromatic heterocycles. The van der Waals surface area contributed by atoms with Gasteiger partial charge in [-0.2, -0.15) is 0 Å². The maximum atomic E-state index is 12.6. The predicted octanol–water partition coefficient (Wildman–Crippen LogP) is 6.79. The Morgan fingerprint density at radius 1 is 0.870 bits per heavy atom. The number of benzene rings is 3. The van der Waals surface area contributed by atoms with Gasteiger partial charge in [-0.25, -0.2) is 4.20 Å². The van der Waals surface area contributed by atoms with E-state index in [1.54, 1.807) is 11.8 Å². The minimum absolute atomic E-state index is 0.693. The maximum Gasteiger partial charge on any atom is 0.599 e. The number of fused-ring (bicyclic) bond motifs is 3. The quantitative estimate of drug-likeness (QED) is 0.377. The smallest absolute Gasteiger partial charge is 0.250 e. The van der Waals surface area contributed by atoms with Gasteiger partial charge in [0.1, 0.15) is 0 Å². The van der Waals surface area contributed by atoms with E-state index in [-0.39, 0.29) is 0 Å². The molecule has 1 heterocycles. The fourth-order valence-corrected chi connectivity index (χ4v) is 4.96.